The Morgan fingerprint density at radius 2 is 1.96 bits per heavy atom. The number of alkyl halides is 3. The number of halogens is 4. The Bertz CT molecular complexity index is 816. The molecule has 0 bridgehead atoms. The lowest BCUT2D eigenvalue weighted by molar-refractivity contribution is -0.137. The lowest BCUT2D eigenvalue weighted by Gasteiger charge is -2.14. The average Bonchev–Trinajstić information content (AvgIpc) is 2.56. The van der Waals surface area contributed by atoms with Crippen LogP contribution in [0.4, 0.5) is 24.5 Å². The van der Waals surface area contributed by atoms with Crippen LogP contribution in [-0.4, -0.2) is 12.5 Å². The number of benzene rings is 2. The van der Waals surface area contributed by atoms with Crippen molar-refractivity contribution in [1.82, 2.24) is 0 Å². The van der Waals surface area contributed by atoms with Crippen molar-refractivity contribution in [2.24, 2.45) is 0 Å². The van der Waals surface area contributed by atoms with Crippen LogP contribution in [0.5, 0.6) is 0 Å². The van der Waals surface area contributed by atoms with Crippen LogP contribution in [-0.2, 0) is 11.0 Å². The molecule has 2 aromatic rings. The summed E-state index contributed by atoms with van der Waals surface area (Å²) < 4.78 is 38.9. The van der Waals surface area contributed by atoms with Crippen molar-refractivity contribution in [1.29, 1.82) is 5.26 Å². The van der Waals surface area contributed by atoms with Crippen LogP contribution in [0.15, 0.2) is 42.5 Å². The molecule has 0 saturated heterocycles. The fourth-order valence-corrected chi connectivity index (χ4v) is 2.26. The molecular weight excluding hydrogens is 355 g/mol. The van der Waals surface area contributed by atoms with Gasteiger partial charge >= 0.3 is 6.18 Å². The number of anilines is 2. The summed E-state index contributed by atoms with van der Waals surface area (Å²) in [7, 11) is 0. The second-order valence-corrected chi connectivity index (χ2v) is 5.54. The quantitative estimate of drug-likeness (QED) is 0.807. The summed E-state index contributed by atoms with van der Waals surface area (Å²) in [4.78, 5) is 11.9. The summed E-state index contributed by atoms with van der Waals surface area (Å²) in [5.74, 6) is -0.572. The molecular formula is C17H13ClF3N3O. The number of amides is 1. The Labute approximate surface area is 147 Å². The number of hydrogen-bond acceptors (Lipinski definition) is 3. The Kier molecular flexibility index (Phi) is 5.88. The first-order chi connectivity index (χ1) is 11.8. The smallest absolute Gasteiger partial charge is 0.384 e. The first kappa shape index (κ1) is 18.6. The maximum absolute atomic E-state index is 13.0. The molecule has 0 aliphatic carbocycles. The van der Waals surface area contributed by atoms with Crippen molar-refractivity contribution in [3.8, 4) is 6.07 Å². The van der Waals surface area contributed by atoms with Crippen LogP contribution in [0.25, 0.3) is 0 Å². The van der Waals surface area contributed by atoms with Crippen LogP contribution in [0.2, 0.25) is 5.02 Å². The number of nitriles is 1. The lowest BCUT2D eigenvalue weighted by atomic mass is 10.1. The molecule has 8 heteroatoms. The van der Waals surface area contributed by atoms with Gasteiger partial charge in [-0.05, 0) is 36.4 Å². The average molecular weight is 368 g/mol. The van der Waals surface area contributed by atoms with E-state index >= 15 is 0 Å². The van der Waals surface area contributed by atoms with E-state index in [1.165, 1.54) is 6.07 Å². The molecule has 0 aromatic heterocycles. The number of nitrogens with zero attached hydrogens (tertiary/aromatic N) is 1. The number of rotatable bonds is 5. The summed E-state index contributed by atoms with van der Waals surface area (Å²) in [5.41, 5.74) is -0.226. The third-order valence-electron chi connectivity index (χ3n) is 3.23. The van der Waals surface area contributed by atoms with E-state index in [4.69, 9.17) is 16.9 Å². The normalized spacial score (nSPS) is 10.8. The number of carbonyl (C=O) groups is 1. The van der Waals surface area contributed by atoms with Gasteiger partial charge in [0.05, 0.1) is 22.9 Å². The largest absolute Gasteiger partial charge is 0.418 e. The van der Waals surface area contributed by atoms with Crippen molar-refractivity contribution < 1.29 is 18.0 Å². The summed E-state index contributed by atoms with van der Waals surface area (Å²) in [5, 5.41) is 13.9. The molecule has 0 heterocycles. The van der Waals surface area contributed by atoms with Gasteiger partial charge < -0.3 is 10.6 Å². The zero-order valence-corrected chi connectivity index (χ0v) is 13.6. The monoisotopic (exact) mass is 367 g/mol. The van der Waals surface area contributed by atoms with Gasteiger partial charge in [0, 0.05) is 23.7 Å². The van der Waals surface area contributed by atoms with Gasteiger partial charge in [0.1, 0.15) is 0 Å². The van der Waals surface area contributed by atoms with Gasteiger partial charge in [-0.25, -0.2) is 0 Å². The Hall–Kier alpha value is -2.72. The Morgan fingerprint density at radius 1 is 1.20 bits per heavy atom. The fourth-order valence-electron chi connectivity index (χ4n) is 2.09. The van der Waals surface area contributed by atoms with Gasteiger partial charge in [0.15, 0.2) is 0 Å². The third-order valence-corrected chi connectivity index (χ3v) is 3.47. The van der Waals surface area contributed by atoms with Crippen LogP contribution in [0, 0.1) is 11.3 Å². The highest BCUT2D eigenvalue weighted by atomic mass is 35.5. The Balaban J connectivity index is 1.96. The zero-order chi connectivity index (χ0) is 18.4. The van der Waals surface area contributed by atoms with E-state index < -0.39 is 17.6 Å². The van der Waals surface area contributed by atoms with E-state index in [-0.39, 0.29) is 23.7 Å². The maximum atomic E-state index is 13.0. The molecule has 4 nitrogen and oxygen atoms in total. The second-order valence-electron chi connectivity index (χ2n) is 5.11. The molecule has 0 spiro atoms. The van der Waals surface area contributed by atoms with Crippen molar-refractivity contribution in [2.75, 3.05) is 17.2 Å². The van der Waals surface area contributed by atoms with Crippen LogP contribution in [0.1, 0.15) is 17.5 Å². The zero-order valence-electron chi connectivity index (χ0n) is 12.8. The number of carbonyl (C=O) groups excluding carboxylic acids is 1. The van der Waals surface area contributed by atoms with Gasteiger partial charge in [0.25, 0.3) is 0 Å². The molecule has 2 rings (SSSR count). The first-order valence-corrected chi connectivity index (χ1v) is 7.58. The highest BCUT2D eigenvalue weighted by molar-refractivity contribution is 6.30. The molecule has 0 fully saturated rings. The van der Waals surface area contributed by atoms with Gasteiger partial charge in [-0.1, -0.05) is 17.7 Å². The van der Waals surface area contributed by atoms with Crippen molar-refractivity contribution in [3.63, 3.8) is 0 Å². The summed E-state index contributed by atoms with van der Waals surface area (Å²) >= 11 is 5.59. The first-order valence-electron chi connectivity index (χ1n) is 7.20. The summed E-state index contributed by atoms with van der Waals surface area (Å²) in [6.45, 7) is 0.204. The van der Waals surface area contributed by atoms with E-state index in [1.54, 1.807) is 24.3 Å². The molecule has 0 atom stereocenters. The molecule has 2 aromatic carbocycles. The topological polar surface area (TPSA) is 64.9 Å². The lowest BCUT2D eigenvalue weighted by Crippen LogP contribution is -2.19. The summed E-state index contributed by atoms with van der Waals surface area (Å²) in [6.07, 6.45) is -4.67. The predicted molar refractivity (Wildman–Crippen MR) is 89.3 cm³/mol. The minimum absolute atomic E-state index is 0.0449. The number of nitrogens with one attached hydrogen (secondary N) is 2. The molecule has 0 aliphatic heterocycles. The predicted octanol–water partition coefficient (Wildman–Crippen LogP) is 4.67. The molecule has 130 valence electrons. The molecule has 0 radical (unpaired) electrons. The van der Waals surface area contributed by atoms with Crippen molar-refractivity contribution in [3.05, 3.63) is 58.6 Å². The van der Waals surface area contributed by atoms with Gasteiger partial charge in [-0.3, -0.25) is 4.79 Å². The minimum atomic E-state index is -4.62. The molecule has 0 saturated carbocycles. The van der Waals surface area contributed by atoms with E-state index in [9.17, 15) is 18.0 Å². The molecule has 0 unspecified atom stereocenters. The van der Waals surface area contributed by atoms with Crippen LogP contribution < -0.4 is 10.6 Å². The van der Waals surface area contributed by atoms with Gasteiger partial charge in [-0.15, -0.1) is 0 Å². The standard InChI is InChI=1S/C17H13ClF3N3O/c18-12-4-5-15(14(9-12)17(19,20)21)24-16(25)6-7-23-13-3-1-2-11(8-13)10-22/h1-5,8-9,23H,6-7H2,(H,24,25). The second kappa shape index (κ2) is 7.90. The maximum Gasteiger partial charge on any atom is 0.418 e. The highest BCUT2D eigenvalue weighted by Crippen LogP contribution is 2.36. The van der Waals surface area contributed by atoms with E-state index in [0.29, 0.717) is 11.3 Å². The minimum Gasteiger partial charge on any atom is -0.384 e. The van der Waals surface area contributed by atoms with Gasteiger partial charge in [-0.2, -0.15) is 18.4 Å². The molecule has 0 aliphatic rings. The van der Waals surface area contributed by atoms with Crippen LogP contribution in [0.3, 0.4) is 0 Å². The summed E-state index contributed by atoms with van der Waals surface area (Å²) in [6, 6.07) is 11.8. The SMILES string of the molecule is N#Cc1cccc(NCCC(=O)Nc2ccc(Cl)cc2C(F)(F)F)c1. The third kappa shape index (κ3) is 5.40. The van der Waals surface area contributed by atoms with E-state index in [1.807, 2.05) is 6.07 Å². The van der Waals surface area contributed by atoms with Crippen molar-refractivity contribution >= 4 is 28.9 Å². The van der Waals surface area contributed by atoms with E-state index in [0.717, 1.165) is 12.1 Å². The van der Waals surface area contributed by atoms with E-state index in [2.05, 4.69) is 10.6 Å². The fraction of sp³-hybridized carbons (Fsp3) is 0.176. The van der Waals surface area contributed by atoms with Crippen molar-refractivity contribution in [2.45, 2.75) is 12.6 Å². The molecule has 1 amide bonds. The highest BCUT2D eigenvalue weighted by Gasteiger charge is 2.34. The number of hydrogen-bond donors (Lipinski definition) is 2. The molecule has 2 N–H and O–H groups in total. The van der Waals surface area contributed by atoms with Crippen LogP contribution >= 0.6 is 11.6 Å². The Morgan fingerprint density at radius 3 is 2.64 bits per heavy atom. The molecule has 25 heavy (non-hydrogen) atoms. The van der Waals surface area contributed by atoms with Gasteiger partial charge in [0.2, 0.25) is 5.91 Å².